The fraction of sp³-hybridized carbons (Fsp3) is 1.00. The average Bonchev–Trinajstić information content (AvgIpc) is 3.04. The van der Waals surface area contributed by atoms with Gasteiger partial charge in [-0.15, -0.1) is 0 Å². The predicted octanol–water partition coefficient (Wildman–Crippen LogP) is 2.08. The molecule has 0 aromatic rings. The van der Waals surface area contributed by atoms with Crippen LogP contribution in [0.4, 0.5) is 0 Å². The zero-order valence-electron chi connectivity index (χ0n) is 12.4. The van der Waals surface area contributed by atoms with Crippen molar-refractivity contribution in [1.82, 2.24) is 15.1 Å². The maximum absolute atomic E-state index is 3.75. The Hall–Kier alpha value is -0.120. The number of hydrogen-bond acceptors (Lipinski definition) is 3. The summed E-state index contributed by atoms with van der Waals surface area (Å²) in [6.07, 6.45) is 11.3. The van der Waals surface area contributed by atoms with Crippen LogP contribution in [0.3, 0.4) is 0 Å². The summed E-state index contributed by atoms with van der Waals surface area (Å²) in [5.41, 5.74) is 0. The molecule has 19 heavy (non-hydrogen) atoms. The van der Waals surface area contributed by atoms with Gasteiger partial charge in [-0.25, -0.2) is 0 Å². The molecule has 3 aliphatic rings. The van der Waals surface area contributed by atoms with Crippen LogP contribution in [0, 0.1) is 0 Å². The minimum absolute atomic E-state index is 0.842. The molecule has 0 radical (unpaired) electrons. The number of nitrogens with one attached hydrogen (secondary N) is 1. The van der Waals surface area contributed by atoms with Crippen molar-refractivity contribution in [1.29, 1.82) is 0 Å². The summed E-state index contributed by atoms with van der Waals surface area (Å²) in [6.45, 7) is 7.92. The van der Waals surface area contributed by atoms with Crippen LogP contribution in [-0.4, -0.2) is 61.2 Å². The van der Waals surface area contributed by atoms with Gasteiger partial charge in [0, 0.05) is 18.6 Å². The van der Waals surface area contributed by atoms with Crippen molar-refractivity contribution in [3.63, 3.8) is 0 Å². The molecule has 3 rings (SSSR count). The van der Waals surface area contributed by atoms with Crippen LogP contribution in [0.15, 0.2) is 0 Å². The standard InChI is InChI=1S/C16H31N3/c1-2-7-15(6-1)17-9-4-10-18-11-5-13-19-12-3-8-16(19)14-18/h15-17H,1-14H2. The van der Waals surface area contributed by atoms with E-state index in [4.69, 9.17) is 0 Å². The molecule has 2 saturated heterocycles. The van der Waals surface area contributed by atoms with Crippen LogP contribution in [0.25, 0.3) is 0 Å². The molecule has 2 aliphatic heterocycles. The largest absolute Gasteiger partial charge is 0.314 e. The van der Waals surface area contributed by atoms with Gasteiger partial charge in [0.1, 0.15) is 0 Å². The van der Waals surface area contributed by atoms with E-state index in [1.54, 1.807) is 0 Å². The van der Waals surface area contributed by atoms with Crippen molar-refractivity contribution < 1.29 is 0 Å². The molecule has 1 saturated carbocycles. The van der Waals surface area contributed by atoms with E-state index in [-0.39, 0.29) is 0 Å². The zero-order chi connectivity index (χ0) is 12.9. The van der Waals surface area contributed by atoms with Crippen molar-refractivity contribution in [3.05, 3.63) is 0 Å². The zero-order valence-corrected chi connectivity index (χ0v) is 12.4. The van der Waals surface area contributed by atoms with E-state index >= 15 is 0 Å². The molecule has 3 nitrogen and oxygen atoms in total. The first-order chi connectivity index (χ1) is 9.42. The summed E-state index contributed by atoms with van der Waals surface area (Å²) in [5, 5.41) is 3.75. The second-order valence-corrected chi connectivity index (χ2v) is 6.78. The molecule has 1 unspecified atom stereocenters. The smallest absolute Gasteiger partial charge is 0.0223 e. The Kier molecular flexibility index (Phi) is 5.14. The monoisotopic (exact) mass is 265 g/mol. The minimum Gasteiger partial charge on any atom is -0.314 e. The van der Waals surface area contributed by atoms with Gasteiger partial charge in [-0.05, 0) is 71.2 Å². The Balaban J connectivity index is 1.32. The van der Waals surface area contributed by atoms with E-state index in [9.17, 15) is 0 Å². The summed E-state index contributed by atoms with van der Waals surface area (Å²) in [4.78, 5) is 5.46. The van der Waals surface area contributed by atoms with Crippen LogP contribution < -0.4 is 5.32 Å². The summed E-state index contributed by atoms with van der Waals surface area (Å²) in [7, 11) is 0. The molecule has 0 bridgehead atoms. The average molecular weight is 265 g/mol. The van der Waals surface area contributed by atoms with E-state index in [0.717, 1.165) is 12.1 Å². The van der Waals surface area contributed by atoms with Gasteiger partial charge in [0.2, 0.25) is 0 Å². The number of fused-ring (bicyclic) bond motifs is 1. The molecule has 2 heterocycles. The van der Waals surface area contributed by atoms with Crippen molar-refractivity contribution in [2.75, 3.05) is 39.3 Å². The van der Waals surface area contributed by atoms with Crippen molar-refractivity contribution >= 4 is 0 Å². The molecular formula is C16H31N3. The fourth-order valence-electron chi connectivity index (χ4n) is 4.22. The lowest BCUT2D eigenvalue weighted by Gasteiger charge is -2.25. The molecule has 3 heteroatoms. The molecule has 0 amide bonds. The topological polar surface area (TPSA) is 18.5 Å². The van der Waals surface area contributed by atoms with Crippen molar-refractivity contribution in [3.8, 4) is 0 Å². The summed E-state index contributed by atoms with van der Waals surface area (Å²) in [6, 6.07) is 1.72. The molecule has 0 aromatic carbocycles. The highest BCUT2D eigenvalue weighted by atomic mass is 15.3. The molecular weight excluding hydrogens is 234 g/mol. The summed E-state index contributed by atoms with van der Waals surface area (Å²) < 4.78 is 0. The number of nitrogens with zero attached hydrogens (tertiary/aromatic N) is 2. The Morgan fingerprint density at radius 3 is 2.63 bits per heavy atom. The van der Waals surface area contributed by atoms with Gasteiger partial charge in [0.15, 0.2) is 0 Å². The number of hydrogen-bond donors (Lipinski definition) is 1. The highest BCUT2D eigenvalue weighted by molar-refractivity contribution is 4.85. The van der Waals surface area contributed by atoms with Crippen LogP contribution in [-0.2, 0) is 0 Å². The second kappa shape index (κ2) is 7.05. The van der Waals surface area contributed by atoms with Gasteiger partial charge in [-0.3, -0.25) is 4.90 Å². The maximum Gasteiger partial charge on any atom is 0.0223 e. The lowest BCUT2D eigenvalue weighted by Crippen LogP contribution is -2.38. The minimum atomic E-state index is 0.842. The highest BCUT2D eigenvalue weighted by Gasteiger charge is 2.28. The molecule has 0 spiro atoms. The van der Waals surface area contributed by atoms with E-state index in [2.05, 4.69) is 15.1 Å². The third kappa shape index (κ3) is 3.93. The van der Waals surface area contributed by atoms with Crippen molar-refractivity contribution in [2.45, 2.75) is 63.5 Å². The molecule has 1 N–H and O–H groups in total. The van der Waals surface area contributed by atoms with Crippen LogP contribution in [0.1, 0.15) is 51.4 Å². The molecule has 1 aliphatic carbocycles. The normalized spacial score (nSPS) is 30.6. The Morgan fingerprint density at radius 1 is 0.895 bits per heavy atom. The molecule has 110 valence electrons. The van der Waals surface area contributed by atoms with Gasteiger partial charge < -0.3 is 10.2 Å². The van der Waals surface area contributed by atoms with E-state index in [0.29, 0.717) is 0 Å². The lowest BCUT2D eigenvalue weighted by molar-refractivity contribution is 0.218. The third-order valence-electron chi connectivity index (χ3n) is 5.33. The van der Waals surface area contributed by atoms with Crippen LogP contribution in [0.5, 0.6) is 0 Å². The first-order valence-corrected chi connectivity index (χ1v) is 8.61. The highest BCUT2D eigenvalue weighted by Crippen LogP contribution is 2.21. The van der Waals surface area contributed by atoms with Gasteiger partial charge >= 0.3 is 0 Å². The molecule has 0 aromatic heterocycles. The SMILES string of the molecule is C1CCC(NCCCN2CCCN3CCCC3C2)C1. The van der Waals surface area contributed by atoms with E-state index in [1.165, 1.54) is 90.6 Å². The Bertz CT molecular complexity index is 263. The fourth-order valence-corrected chi connectivity index (χ4v) is 4.22. The van der Waals surface area contributed by atoms with Gasteiger partial charge in [0.25, 0.3) is 0 Å². The van der Waals surface area contributed by atoms with Gasteiger partial charge in [0.05, 0.1) is 0 Å². The second-order valence-electron chi connectivity index (χ2n) is 6.78. The Morgan fingerprint density at radius 2 is 1.74 bits per heavy atom. The van der Waals surface area contributed by atoms with Crippen LogP contribution in [0.2, 0.25) is 0 Å². The molecule has 3 fully saturated rings. The van der Waals surface area contributed by atoms with E-state index in [1.807, 2.05) is 0 Å². The summed E-state index contributed by atoms with van der Waals surface area (Å²) >= 11 is 0. The first-order valence-electron chi connectivity index (χ1n) is 8.61. The molecule has 1 atom stereocenters. The van der Waals surface area contributed by atoms with Gasteiger partial charge in [-0.2, -0.15) is 0 Å². The van der Waals surface area contributed by atoms with E-state index < -0.39 is 0 Å². The third-order valence-corrected chi connectivity index (χ3v) is 5.33. The Labute approximate surface area is 118 Å². The lowest BCUT2D eigenvalue weighted by atomic mass is 10.2. The first kappa shape index (κ1) is 13.8. The van der Waals surface area contributed by atoms with Crippen LogP contribution >= 0.6 is 0 Å². The van der Waals surface area contributed by atoms with Gasteiger partial charge in [-0.1, -0.05) is 12.8 Å². The predicted molar refractivity (Wildman–Crippen MR) is 80.5 cm³/mol. The quantitative estimate of drug-likeness (QED) is 0.768. The summed E-state index contributed by atoms with van der Waals surface area (Å²) in [5.74, 6) is 0. The number of rotatable bonds is 5. The maximum atomic E-state index is 3.75. The van der Waals surface area contributed by atoms with Crippen molar-refractivity contribution in [2.24, 2.45) is 0 Å².